The summed E-state index contributed by atoms with van der Waals surface area (Å²) in [6, 6.07) is 12.5. The molecule has 0 aliphatic heterocycles. The standard InChI is InChI=1S/C16H18N2O3/c1-3-21-14-8-9-15(12(2)10-14)17-11-13-6-4-5-7-16(13)18(19)20/h4-10,17H,3,11H2,1-2H3. The van der Waals surface area contributed by atoms with Crippen molar-refractivity contribution in [3.8, 4) is 5.75 Å². The molecule has 0 radical (unpaired) electrons. The molecule has 0 fully saturated rings. The Morgan fingerprint density at radius 2 is 2.00 bits per heavy atom. The van der Waals surface area contributed by atoms with E-state index in [9.17, 15) is 10.1 Å². The number of nitro groups is 1. The molecule has 21 heavy (non-hydrogen) atoms. The second kappa shape index (κ2) is 6.74. The maximum atomic E-state index is 11.0. The van der Waals surface area contributed by atoms with Gasteiger partial charge in [0.1, 0.15) is 5.75 Å². The second-order valence-electron chi connectivity index (χ2n) is 4.65. The highest BCUT2D eigenvalue weighted by molar-refractivity contribution is 5.54. The summed E-state index contributed by atoms with van der Waals surface area (Å²) in [6.45, 7) is 4.95. The molecule has 0 bridgehead atoms. The fraction of sp³-hybridized carbons (Fsp3) is 0.250. The van der Waals surface area contributed by atoms with Crippen LogP contribution in [0.5, 0.6) is 5.75 Å². The second-order valence-corrected chi connectivity index (χ2v) is 4.65. The first-order valence-electron chi connectivity index (χ1n) is 6.81. The first-order valence-corrected chi connectivity index (χ1v) is 6.81. The summed E-state index contributed by atoms with van der Waals surface area (Å²) < 4.78 is 5.44. The van der Waals surface area contributed by atoms with E-state index in [0.717, 1.165) is 17.0 Å². The SMILES string of the molecule is CCOc1ccc(NCc2ccccc2[N+](=O)[O-])c(C)c1. The number of hydrogen-bond donors (Lipinski definition) is 1. The van der Waals surface area contributed by atoms with Crippen molar-refractivity contribution in [2.24, 2.45) is 0 Å². The molecular weight excluding hydrogens is 268 g/mol. The van der Waals surface area contributed by atoms with Gasteiger partial charge in [0, 0.05) is 23.9 Å². The van der Waals surface area contributed by atoms with E-state index in [1.54, 1.807) is 18.2 Å². The third-order valence-corrected chi connectivity index (χ3v) is 3.17. The number of para-hydroxylation sites is 1. The van der Waals surface area contributed by atoms with Crippen LogP contribution in [0, 0.1) is 17.0 Å². The van der Waals surface area contributed by atoms with Crippen LogP contribution in [-0.4, -0.2) is 11.5 Å². The predicted molar refractivity (Wildman–Crippen MR) is 82.8 cm³/mol. The monoisotopic (exact) mass is 286 g/mol. The van der Waals surface area contributed by atoms with Gasteiger partial charge in [0.15, 0.2) is 0 Å². The van der Waals surface area contributed by atoms with Gasteiger partial charge in [0.05, 0.1) is 11.5 Å². The lowest BCUT2D eigenvalue weighted by atomic mass is 10.1. The lowest BCUT2D eigenvalue weighted by molar-refractivity contribution is -0.385. The maximum Gasteiger partial charge on any atom is 0.274 e. The summed E-state index contributed by atoms with van der Waals surface area (Å²) in [5.41, 5.74) is 2.78. The molecule has 1 N–H and O–H groups in total. The van der Waals surface area contributed by atoms with E-state index in [0.29, 0.717) is 18.7 Å². The number of hydrogen-bond acceptors (Lipinski definition) is 4. The summed E-state index contributed by atoms with van der Waals surface area (Å²) in [6.07, 6.45) is 0. The van der Waals surface area contributed by atoms with E-state index in [2.05, 4.69) is 5.32 Å². The van der Waals surface area contributed by atoms with Gasteiger partial charge in [-0.1, -0.05) is 18.2 Å². The molecule has 0 aromatic heterocycles. The molecule has 0 unspecified atom stereocenters. The van der Waals surface area contributed by atoms with E-state index in [1.807, 2.05) is 32.0 Å². The molecule has 0 spiro atoms. The van der Waals surface area contributed by atoms with Crippen LogP contribution in [0.1, 0.15) is 18.1 Å². The summed E-state index contributed by atoms with van der Waals surface area (Å²) >= 11 is 0. The highest BCUT2D eigenvalue weighted by atomic mass is 16.6. The highest BCUT2D eigenvalue weighted by Gasteiger charge is 2.12. The average Bonchev–Trinajstić information content (AvgIpc) is 2.47. The number of ether oxygens (including phenoxy) is 1. The van der Waals surface area contributed by atoms with Crippen molar-refractivity contribution in [1.29, 1.82) is 0 Å². The number of anilines is 1. The van der Waals surface area contributed by atoms with Crippen molar-refractivity contribution in [2.75, 3.05) is 11.9 Å². The quantitative estimate of drug-likeness (QED) is 0.646. The fourth-order valence-electron chi connectivity index (χ4n) is 2.12. The number of aryl methyl sites for hydroxylation is 1. The van der Waals surface area contributed by atoms with Gasteiger partial charge >= 0.3 is 0 Å². The largest absolute Gasteiger partial charge is 0.494 e. The first-order chi connectivity index (χ1) is 10.1. The van der Waals surface area contributed by atoms with Crippen LogP contribution in [0.4, 0.5) is 11.4 Å². The van der Waals surface area contributed by atoms with E-state index in [-0.39, 0.29) is 10.6 Å². The Kier molecular flexibility index (Phi) is 4.77. The smallest absolute Gasteiger partial charge is 0.274 e. The van der Waals surface area contributed by atoms with Gasteiger partial charge < -0.3 is 10.1 Å². The van der Waals surface area contributed by atoms with Crippen LogP contribution in [0.2, 0.25) is 0 Å². The molecule has 110 valence electrons. The summed E-state index contributed by atoms with van der Waals surface area (Å²) in [7, 11) is 0. The van der Waals surface area contributed by atoms with Gasteiger partial charge in [-0.3, -0.25) is 10.1 Å². The van der Waals surface area contributed by atoms with E-state index < -0.39 is 0 Å². The molecule has 0 aliphatic rings. The molecule has 5 heteroatoms. The van der Waals surface area contributed by atoms with Gasteiger partial charge in [-0.15, -0.1) is 0 Å². The molecule has 0 heterocycles. The molecule has 0 saturated carbocycles. The van der Waals surface area contributed by atoms with E-state index in [1.165, 1.54) is 6.07 Å². The topological polar surface area (TPSA) is 64.4 Å². The van der Waals surface area contributed by atoms with Crippen molar-refractivity contribution >= 4 is 11.4 Å². The average molecular weight is 286 g/mol. The molecule has 2 rings (SSSR count). The molecule has 5 nitrogen and oxygen atoms in total. The summed E-state index contributed by atoms with van der Waals surface area (Å²) in [5, 5.41) is 14.2. The van der Waals surface area contributed by atoms with Crippen LogP contribution in [0.15, 0.2) is 42.5 Å². The zero-order chi connectivity index (χ0) is 15.2. The number of nitro benzene ring substituents is 1. The third-order valence-electron chi connectivity index (χ3n) is 3.17. The Bertz CT molecular complexity index is 641. The minimum absolute atomic E-state index is 0.133. The zero-order valence-electron chi connectivity index (χ0n) is 12.1. The molecule has 2 aromatic rings. The van der Waals surface area contributed by atoms with Crippen molar-refractivity contribution < 1.29 is 9.66 Å². The Balaban J connectivity index is 2.12. The van der Waals surface area contributed by atoms with Gasteiger partial charge in [0.2, 0.25) is 0 Å². The Hall–Kier alpha value is -2.56. The lowest BCUT2D eigenvalue weighted by Gasteiger charge is -2.11. The first kappa shape index (κ1) is 14.8. The number of benzene rings is 2. The molecular formula is C16H18N2O3. The van der Waals surface area contributed by atoms with Crippen LogP contribution >= 0.6 is 0 Å². The Morgan fingerprint density at radius 1 is 1.24 bits per heavy atom. The zero-order valence-corrected chi connectivity index (χ0v) is 12.1. The lowest BCUT2D eigenvalue weighted by Crippen LogP contribution is -2.04. The van der Waals surface area contributed by atoms with Crippen LogP contribution in [-0.2, 0) is 6.54 Å². The normalized spacial score (nSPS) is 10.2. The Labute approximate surface area is 123 Å². The number of nitrogens with one attached hydrogen (secondary N) is 1. The van der Waals surface area contributed by atoms with Crippen LogP contribution in [0.3, 0.4) is 0 Å². The number of rotatable bonds is 6. The maximum absolute atomic E-state index is 11.0. The molecule has 0 atom stereocenters. The minimum atomic E-state index is -0.359. The van der Waals surface area contributed by atoms with Crippen molar-refractivity contribution in [1.82, 2.24) is 0 Å². The van der Waals surface area contributed by atoms with Gasteiger partial charge in [0.25, 0.3) is 5.69 Å². The molecule has 0 saturated heterocycles. The Morgan fingerprint density at radius 3 is 2.67 bits per heavy atom. The minimum Gasteiger partial charge on any atom is -0.494 e. The highest BCUT2D eigenvalue weighted by Crippen LogP contribution is 2.24. The third kappa shape index (κ3) is 3.72. The molecule has 0 aliphatic carbocycles. The van der Waals surface area contributed by atoms with Crippen LogP contribution in [0.25, 0.3) is 0 Å². The summed E-state index contributed by atoms with van der Waals surface area (Å²) in [5.74, 6) is 0.825. The van der Waals surface area contributed by atoms with E-state index in [4.69, 9.17) is 4.74 Å². The summed E-state index contributed by atoms with van der Waals surface area (Å²) in [4.78, 5) is 10.6. The van der Waals surface area contributed by atoms with Crippen molar-refractivity contribution in [2.45, 2.75) is 20.4 Å². The molecule has 0 amide bonds. The predicted octanol–water partition coefficient (Wildman–Crippen LogP) is 3.91. The number of nitrogens with zero attached hydrogens (tertiary/aromatic N) is 1. The fourth-order valence-corrected chi connectivity index (χ4v) is 2.12. The van der Waals surface area contributed by atoms with E-state index >= 15 is 0 Å². The van der Waals surface area contributed by atoms with Crippen LogP contribution < -0.4 is 10.1 Å². The van der Waals surface area contributed by atoms with Gasteiger partial charge in [-0.25, -0.2) is 0 Å². The van der Waals surface area contributed by atoms with Crippen molar-refractivity contribution in [3.63, 3.8) is 0 Å². The van der Waals surface area contributed by atoms with Gasteiger partial charge in [-0.2, -0.15) is 0 Å². The molecule has 2 aromatic carbocycles. The van der Waals surface area contributed by atoms with Crippen molar-refractivity contribution in [3.05, 3.63) is 63.7 Å². The van der Waals surface area contributed by atoms with Gasteiger partial charge in [-0.05, 0) is 37.6 Å².